The number of hydrogen-bond donors (Lipinski definition) is 1. The Morgan fingerprint density at radius 3 is 2.56 bits per heavy atom. The Labute approximate surface area is 113 Å². The van der Waals surface area contributed by atoms with Gasteiger partial charge in [0, 0.05) is 18.6 Å². The predicted octanol–water partition coefficient (Wildman–Crippen LogP) is 1.93. The molecular formula is C15H31N3. The van der Waals surface area contributed by atoms with Gasteiger partial charge in [0.05, 0.1) is 0 Å². The molecule has 0 aromatic heterocycles. The largest absolute Gasteiger partial charge is 0.312 e. The summed E-state index contributed by atoms with van der Waals surface area (Å²) in [6.07, 6.45) is 6.87. The lowest BCUT2D eigenvalue weighted by Gasteiger charge is -2.26. The van der Waals surface area contributed by atoms with Crippen molar-refractivity contribution in [2.75, 3.05) is 39.3 Å². The molecule has 0 aromatic rings. The summed E-state index contributed by atoms with van der Waals surface area (Å²) in [4.78, 5) is 5.23. The van der Waals surface area contributed by atoms with E-state index in [1.54, 1.807) is 0 Å². The van der Waals surface area contributed by atoms with Gasteiger partial charge >= 0.3 is 0 Å². The monoisotopic (exact) mass is 253 g/mol. The van der Waals surface area contributed by atoms with E-state index in [1.807, 2.05) is 0 Å². The van der Waals surface area contributed by atoms with Gasteiger partial charge in [-0.1, -0.05) is 6.92 Å². The van der Waals surface area contributed by atoms with Crippen molar-refractivity contribution in [3.63, 3.8) is 0 Å². The fourth-order valence-electron chi connectivity index (χ4n) is 3.32. The molecule has 0 bridgehead atoms. The standard InChI is InChI=1S/C15H31N3/c1-3-17-9-6-7-15(8-12-17)16-13-14(2)18-10-4-5-11-18/h14-16H,3-13H2,1-2H3. The van der Waals surface area contributed by atoms with Crippen molar-refractivity contribution in [2.45, 2.75) is 58.0 Å². The second kappa shape index (κ2) is 7.46. The number of likely N-dealkylation sites (tertiary alicyclic amines) is 2. The van der Waals surface area contributed by atoms with E-state index in [9.17, 15) is 0 Å². The van der Waals surface area contributed by atoms with Crippen LogP contribution >= 0.6 is 0 Å². The molecule has 2 rings (SSSR count). The minimum atomic E-state index is 0.720. The zero-order valence-corrected chi connectivity index (χ0v) is 12.3. The third kappa shape index (κ3) is 4.22. The first kappa shape index (κ1) is 14.3. The van der Waals surface area contributed by atoms with E-state index in [2.05, 4.69) is 29.0 Å². The topological polar surface area (TPSA) is 18.5 Å². The highest BCUT2D eigenvalue weighted by atomic mass is 15.2. The number of rotatable bonds is 5. The fourth-order valence-corrected chi connectivity index (χ4v) is 3.32. The van der Waals surface area contributed by atoms with Crippen molar-refractivity contribution >= 4 is 0 Å². The third-order valence-electron chi connectivity index (χ3n) is 4.73. The fraction of sp³-hybridized carbons (Fsp3) is 1.00. The van der Waals surface area contributed by atoms with Gasteiger partial charge in [-0.05, 0) is 71.8 Å². The van der Waals surface area contributed by atoms with Crippen molar-refractivity contribution in [1.29, 1.82) is 0 Å². The van der Waals surface area contributed by atoms with Gasteiger partial charge in [-0.2, -0.15) is 0 Å². The summed E-state index contributed by atoms with van der Waals surface area (Å²) in [5.41, 5.74) is 0. The second-order valence-electron chi connectivity index (χ2n) is 6.06. The van der Waals surface area contributed by atoms with Crippen LogP contribution < -0.4 is 5.32 Å². The summed E-state index contributed by atoms with van der Waals surface area (Å²) >= 11 is 0. The summed E-state index contributed by atoms with van der Waals surface area (Å²) in [6.45, 7) is 12.3. The molecule has 0 aliphatic carbocycles. The molecule has 2 atom stereocenters. The molecule has 0 amide bonds. The van der Waals surface area contributed by atoms with E-state index in [0.717, 1.165) is 12.1 Å². The normalized spacial score (nSPS) is 29.3. The molecule has 2 unspecified atom stereocenters. The highest BCUT2D eigenvalue weighted by molar-refractivity contribution is 4.79. The van der Waals surface area contributed by atoms with Gasteiger partial charge in [0.15, 0.2) is 0 Å². The quantitative estimate of drug-likeness (QED) is 0.808. The van der Waals surface area contributed by atoms with Crippen LogP contribution in [0.1, 0.15) is 46.0 Å². The minimum Gasteiger partial charge on any atom is -0.312 e. The molecule has 3 heteroatoms. The van der Waals surface area contributed by atoms with Gasteiger partial charge in [-0.3, -0.25) is 4.90 Å². The summed E-state index contributed by atoms with van der Waals surface area (Å²) < 4.78 is 0. The van der Waals surface area contributed by atoms with Crippen molar-refractivity contribution in [1.82, 2.24) is 15.1 Å². The summed E-state index contributed by atoms with van der Waals surface area (Å²) in [6, 6.07) is 1.48. The SMILES string of the molecule is CCN1CCCC(NCC(C)N2CCCC2)CC1. The van der Waals surface area contributed by atoms with E-state index in [4.69, 9.17) is 0 Å². The van der Waals surface area contributed by atoms with Crippen LogP contribution in [0.15, 0.2) is 0 Å². The minimum absolute atomic E-state index is 0.720. The first-order valence-electron chi connectivity index (χ1n) is 7.99. The van der Waals surface area contributed by atoms with E-state index < -0.39 is 0 Å². The van der Waals surface area contributed by atoms with Crippen LogP contribution in [0.2, 0.25) is 0 Å². The van der Waals surface area contributed by atoms with E-state index >= 15 is 0 Å². The zero-order chi connectivity index (χ0) is 12.8. The van der Waals surface area contributed by atoms with Crippen LogP contribution in [0.5, 0.6) is 0 Å². The predicted molar refractivity (Wildman–Crippen MR) is 78.0 cm³/mol. The van der Waals surface area contributed by atoms with Crippen LogP contribution in [0.3, 0.4) is 0 Å². The Morgan fingerprint density at radius 1 is 1.06 bits per heavy atom. The lowest BCUT2D eigenvalue weighted by Crippen LogP contribution is -2.42. The summed E-state index contributed by atoms with van der Waals surface area (Å²) in [5.74, 6) is 0. The molecule has 0 spiro atoms. The Bertz CT molecular complexity index is 226. The molecule has 0 saturated carbocycles. The number of hydrogen-bond acceptors (Lipinski definition) is 3. The first-order valence-corrected chi connectivity index (χ1v) is 7.99. The van der Waals surface area contributed by atoms with Gasteiger partial charge in [0.1, 0.15) is 0 Å². The molecule has 0 aromatic carbocycles. The Kier molecular flexibility index (Phi) is 5.93. The number of nitrogens with one attached hydrogen (secondary N) is 1. The van der Waals surface area contributed by atoms with Crippen LogP contribution in [-0.2, 0) is 0 Å². The average molecular weight is 253 g/mol. The van der Waals surface area contributed by atoms with Crippen molar-refractivity contribution < 1.29 is 0 Å². The molecule has 2 aliphatic rings. The highest BCUT2D eigenvalue weighted by Gasteiger charge is 2.20. The maximum Gasteiger partial charge on any atom is 0.0192 e. The Hall–Kier alpha value is -0.120. The molecule has 2 heterocycles. The lowest BCUT2D eigenvalue weighted by atomic mass is 10.1. The first-order chi connectivity index (χ1) is 8.79. The molecule has 2 fully saturated rings. The molecule has 18 heavy (non-hydrogen) atoms. The summed E-state index contributed by atoms with van der Waals surface area (Å²) in [5, 5.41) is 3.81. The van der Waals surface area contributed by atoms with Crippen molar-refractivity contribution in [2.24, 2.45) is 0 Å². The zero-order valence-electron chi connectivity index (χ0n) is 12.3. The molecule has 106 valence electrons. The molecular weight excluding hydrogens is 222 g/mol. The van der Waals surface area contributed by atoms with Gasteiger partial charge in [-0.25, -0.2) is 0 Å². The van der Waals surface area contributed by atoms with Crippen molar-refractivity contribution in [3.8, 4) is 0 Å². The number of nitrogens with zero attached hydrogens (tertiary/aromatic N) is 2. The molecule has 2 aliphatic heterocycles. The Balaban J connectivity index is 1.66. The van der Waals surface area contributed by atoms with E-state index in [-0.39, 0.29) is 0 Å². The van der Waals surface area contributed by atoms with Gasteiger partial charge < -0.3 is 10.2 Å². The van der Waals surface area contributed by atoms with Crippen molar-refractivity contribution in [3.05, 3.63) is 0 Å². The van der Waals surface area contributed by atoms with Crippen LogP contribution in [0.4, 0.5) is 0 Å². The molecule has 1 N–H and O–H groups in total. The maximum absolute atomic E-state index is 3.81. The second-order valence-corrected chi connectivity index (χ2v) is 6.06. The van der Waals surface area contributed by atoms with E-state index in [0.29, 0.717) is 0 Å². The van der Waals surface area contributed by atoms with Gasteiger partial charge in [0.25, 0.3) is 0 Å². The third-order valence-corrected chi connectivity index (χ3v) is 4.73. The summed E-state index contributed by atoms with van der Waals surface area (Å²) in [7, 11) is 0. The van der Waals surface area contributed by atoms with Crippen LogP contribution in [0, 0.1) is 0 Å². The van der Waals surface area contributed by atoms with Gasteiger partial charge in [-0.15, -0.1) is 0 Å². The average Bonchev–Trinajstić information content (AvgIpc) is 2.82. The van der Waals surface area contributed by atoms with Crippen LogP contribution in [0.25, 0.3) is 0 Å². The maximum atomic E-state index is 3.81. The smallest absolute Gasteiger partial charge is 0.0192 e. The lowest BCUT2D eigenvalue weighted by molar-refractivity contribution is 0.242. The molecule has 3 nitrogen and oxygen atoms in total. The van der Waals surface area contributed by atoms with Crippen LogP contribution in [-0.4, -0.2) is 61.2 Å². The van der Waals surface area contributed by atoms with E-state index in [1.165, 1.54) is 71.4 Å². The Morgan fingerprint density at radius 2 is 1.83 bits per heavy atom. The highest BCUT2D eigenvalue weighted by Crippen LogP contribution is 2.13. The molecule has 0 radical (unpaired) electrons. The molecule has 2 saturated heterocycles. The van der Waals surface area contributed by atoms with Gasteiger partial charge in [0.2, 0.25) is 0 Å².